The molecule has 1 rings (SSSR count). The lowest BCUT2D eigenvalue weighted by Crippen LogP contribution is -2.44. The fourth-order valence-corrected chi connectivity index (χ4v) is 4.72. The van der Waals surface area contributed by atoms with Gasteiger partial charge in [0.25, 0.3) is 0 Å². The Labute approximate surface area is 149 Å². The topological polar surface area (TPSA) is 0 Å². The van der Waals surface area contributed by atoms with E-state index in [1.807, 2.05) is 13.8 Å². The summed E-state index contributed by atoms with van der Waals surface area (Å²) in [5, 5.41) is 0. The van der Waals surface area contributed by atoms with Crippen LogP contribution in [0.2, 0.25) is 0 Å². The third kappa shape index (κ3) is 6.43. The van der Waals surface area contributed by atoms with E-state index in [1.165, 1.54) is 70.6 Å². The van der Waals surface area contributed by atoms with Gasteiger partial charge < -0.3 is 0 Å². The molecule has 0 aromatic heterocycles. The van der Waals surface area contributed by atoms with Crippen LogP contribution in [0.1, 0.15) is 126 Å². The summed E-state index contributed by atoms with van der Waals surface area (Å²) in [5.74, 6) is 1.84. The van der Waals surface area contributed by atoms with Crippen LogP contribution in [0.4, 0.5) is 0 Å². The lowest BCUT2D eigenvalue weighted by atomic mass is 9.53. The van der Waals surface area contributed by atoms with Gasteiger partial charge in [0.1, 0.15) is 0 Å². The molecule has 1 aliphatic rings. The molecule has 0 heteroatoms. The molecule has 0 spiro atoms. The van der Waals surface area contributed by atoms with E-state index < -0.39 is 0 Å². The second kappa shape index (κ2) is 11.5. The van der Waals surface area contributed by atoms with E-state index >= 15 is 0 Å². The minimum Gasteiger partial charge on any atom is -0.0683 e. The van der Waals surface area contributed by atoms with Crippen molar-refractivity contribution >= 4 is 0 Å². The fraction of sp³-hybridized carbons (Fsp3) is 1.00. The van der Waals surface area contributed by atoms with E-state index in [4.69, 9.17) is 0 Å². The minimum atomic E-state index is 0.465. The van der Waals surface area contributed by atoms with Gasteiger partial charge in [0, 0.05) is 0 Å². The SMILES string of the molecule is CC.CCCCC(CCC)C(C)(C)C(C)(C)C1CCCCCC1. The minimum absolute atomic E-state index is 0.465. The van der Waals surface area contributed by atoms with E-state index in [9.17, 15) is 0 Å². The molecule has 0 aliphatic heterocycles. The molecule has 0 heterocycles. The molecule has 0 radical (unpaired) electrons. The van der Waals surface area contributed by atoms with Gasteiger partial charge in [0.15, 0.2) is 0 Å². The van der Waals surface area contributed by atoms with Crippen LogP contribution < -0.4 is 0 Å². The summed E-state index contributed by atoms with van der Waals surface area (Å²) in [7, 11) is 0. The average Bonchev–Trinajstić information content (AvgIpc) is 2.82. The quantitative estimate of drug-likeness (QED) is 0.392. The van der Waals surface area contributed by atoms with Gasteiger partial charge in [-0.25, -0.2) is 0 Å². The molecule has 23 heavy (non-hydrogen) atoms. The third-order valence-electron chi connectivity index (χ3n) is 7.10. The number of hydrogen-bond acceptors (Lipinski definition) is 0. The van der Waals surface area contributed by atoms with Crippen LogP contribution in [-0.2, 0) is 0 Å². The van der Waals surface area contributed by atoms with Crippen molar-refractivity contribution in [2.24, 2.45) is 22.7 Å². The van der Waals surface area contributed by atoms with Gasteiger partial charge in [-0.05, 0) is 41.9 Å². The smallest absolute Gasteiger partial charge is 0.0272 e. The summed E-state index contributed by atoms with van der Waals surface area (Å²) in [4.78, 5) is 0. The normalized spacial score (nSPS) is 18.8. The first-order chi connectivity index (χ1) is 10.9. The van der Waals surface area contributed by atoms with Crippen molar-refractivity contribution in [1.29, 1.82) is 0 Å². The van der Waals surface area contributed by atoms with E-state index in [-0.39, 0.29) is 0 Å². The molecular weight excluding hydrogens is 276 g/mol. The Morgan fingerprint density at radius 3 is 1.74 bits per heavy atom. The molecule has 0 aromatic rings. The summed E-state index contributed by atoms with van der Waals surface area (Å²) in [5.41, 5.74) is 0.943. The zero-order valence-corrected chi connectivity index (χ0v) is 17.9. The highest BCUT2D eigenvalue weighted by molar-refractivity contribution is 4.95. The Balaban J connectivity index is 0.00000232. The third-order valence-corrected chi connectivity index (χ3v) is 7.10. The average molecular weight is 325 g/mol. The standard InChI is InChI=1S/C21H42.C2H6/c1-7-9-15-18(14-8-2)20(3,4)21(5,6)19-16-12-10-11-13-17-19;1-2/h18-19H,7-17H2,1-6H3;1-2H3. The predicted molar refractivity (Wildman–Crippen MR) is 108 cm³/mol. The molecule has 1 aliphatic carbocycles. The van der Waals surface area contributed by atoms with Crippen LogP contribution in [0.15, 0.2) is 0 Å². The van der Waals surface area contributed by atoms with Crippen LogP contribution >= 0.6 is 0 Å². The number of hydrogen-bond donors (Lipinski definition) is 0. The Hall–Kier alpha value is 0. The van der Waals surface area contributed by atoms with Crippen LogP contribution in [0.5, 0.6) is 0 Å². The molecule has 1 saturated carbocycles. The lowest BCUT2D eigenvalue weighted by Gasteiger charge is -2.52. The summed E-state index contributed by atoms with van der Waals surface area (Å²) < 4.78 is 0. The van der Waals surface area contributed by atoms with Gasteiger partial charge in [-0.15, -0.1) is 0 Å². The van der Waals surface area contributed by atoms with Crippen LogP contribution in [0.25, 0.3) is 0 Å². The lowest BCUT2D eigenvalue weighted by molar-refractivity contribution is -0.0256. The summed E-state index contributed by atoms with van der Waals surface area (Å²) in [6.45, 7) is 19.1. The molecule has 1 atom stereocenters. The van der Waals surface area contributed by atoms with E-state index in [1.54, 1.807) is 0 Å². The Morgan fingerprint density at radius 2 is 1.30 bits per heavy atom. The monoisotopic (exact) mass is 324 g/mol. The molecule has 0 saturated heterocycles. The van der Waals surface area contributed by atoms with Gasteiger partial charge in [-0.3, -0.25) is 0 Å². The maximum Gasteiger partial charge on any atom is -0.0272 e. The number of rotatable bonds is 8. The second-order valence-corrected chi connectivity index (χ2v) is 8.76. The maximum atomic E-state index is 2.59. The molecule has 140 valence electrons. The van der Waals surface area contributed by atoms with Gasteiger partial charge in [-0.1, -0.05) is 107 Å². The summed E-state index contributed by atoms with van der Waals surface area (Å²) >= 11 is 0. The van der Waals surface area contributed by atoms with Crippen molar-refractivity contribution in [3.8, 4) is 0 Å². The maximum absolute atomic E-state index is 2.59. The Morgan fingerprint density at radius 1 is 0.783 bits per heavy atom. The zero-order valence-electron chi connectivity index (χ0n) is 17.9. The van der Waals surface area contributed by atoms with Gasteiger partial charge in [-0.2, -0.15) is 0 Å². The van der Waals surface area contributed by atoms with Crippen LogP contribution in [0.3, 0.4) is 0 Å². The summed E-state index contributed by atoms with van der Waals surface area (Å²) in [6.07, 6.45) is 15.8. The van der Waals surface area contributed by atoms with Crippen LogP contribution in [-0.4, -0.2) is 0 Å². The first-order valence-electron chi connectivity index (χ1n) is 10.9. The van der Waals surface area contributed by atoms with E-state index in [2.05, 4.69) is 41.5 Å². The molecule has 0 amide bonds. The van der Waals surface area contributed by atoms with E-state index in [0.29, 0.717) is 10.8 Å². The Kier molecular flexibility index (Phi) is 11.5. The second-order valence-electron chi connectivity index (χ2n) is 8.76. The summed E-state index contributed by atoms with van der Waals surface area (Å²) in [6, 6.07) is 0. The van der Waals surface area contributed by atoms with Gasteiger partial charge in [0.2, 0.25) is 0 Å². The van der Waals surface area contributed by atoms with Crippen molar-refractivity contribution < 1.29 is 0 Å². The highest BCUT2D eigenvalue weighted by atomic mass is 14.5. The number of unbranched alkanes of at least 4 members (excludes halogenated alkanes) is 1. The molecular formula is C23H48. The van der Waals surface area contributed by atoms with Crippen molar-refractivity contribution in [2.45, 2.75) is 126 Å². The van der Waals surface area contributed by atoms with Gasteiger partial charge in [0.05, 0.1) is 0 Å². The Bertz CT molecular complexity index is 266. The molecule has 1 unspecified atom stereocenters. The largest absolute Gasteiger partial charge is 0.0683 e. The molecule has 0 aromatic carbocycles. The predicted octanol–water partition coefficient (Wildman–Crippen LogP) is 8.64. The van der Waals surface area contributed by atoms with Crippen molar-refractivity contribution in [3.63, 3.8) is 0 Å². The zero-order chi connectivity index (χ0) is 17.9. The van der Waals surface area contributed by atoms with Crippen molar-refractivity contribution in [2.75, 3.05) is 0 Å². The molecule has 1 fully saturated rings. The van der Waals surface area contributed by atoms with Crippen molar-refractivity contribution in [3.05, 3.63) is 0 Å². The highest BCUT2D eigenvalue weighted by Gasteiger charge is 2.46. The molecule has 0 N–H and O–H groups in total. The first-order valence-corrected chi connectivity index (χ1v) is 10.9. The highest BCUT2D eigenvalue weighted by Crippen LogP contribution is 2.54. The van der Waals surface area contributed by atoms with Gasteiger partial charge >= 0.3 is 0 Å². The molecule has 0 nitrogen and oxygen atoms in total. The first kappa shape index (κ1) is 23.0. The van der Waals surface area contributed by atoms with E-state index in [0.717, 1.165) is 11.8 Å². The van der Waals surface area contributed by atoms with Crippen molar-refractivity contribution in [1.82, 2.24) is 0 Å². The fourth-order valence-electron chi connectivity index (χ4n) is 4.72. The van der Waals surface area contributed by atoms with Crippen LogP contribution in [0, 0.1) is 22.7 Å². The molecule has 0 bridgehead atoms.